The van der Waals surface area contributed by atoms with Crippen molar-refractivity contribution in [3.8, 4) is 0 Å². The Bertz CT molecular complexity index is 152. The molecule has 0 atom stereocenters. The van der Waals surface area contributed by atoms with E-state index in [4.69, 9.17) is 0 Å². The monoisotopic (exact) mass is 144 g/mol. The normalized spacial score (nSPS) is 11.0. The fourth-order valence-corrected chi connectivity index (χ4v) is 0.489. The molecule has 4 nitrogen and oxygen atoms in total. The molecule has 58 valence electrons. The van der Waals surface area contributed by atoms with Crippen LogP contribution in [-0.2, 0) is 9.53 Å². The van der Waals surface area contributed by atoms with Crippen molar-refractivity contribution in [3.05, 3.63) is 0 Å². The molecule has 0 radical (unpaired) electrons. The van der Waals surface area contributed by atoms with E-state index in [9.17, 15) is 4.79 Å². The highest BCUT2D eigenvalue weighted by Gasteiger charge is 2.03. The molecular weight excluding hydrogens is 132 g/mol. The van der Waals surface area contributed by atoms with E-state index >= 15 is 0 Å². The van der Waals surface area contributed by atoms with Gasteiger partial charge >= 0.3 is 5.97 Å². The zero-order valence-corrected chi connectivity index (χ0v) is 6.71. The molecule has 10 heavy (non-hydrogen) atoms. The molecule has 0 heterocycles. The molecule has 0 aromatic heterocycles. The van der Waals surface area contributed by atoms with Gasteiger partial charge in [0, 0.05) is 14.1 Å². The summed E-state index contributed by atoms with van der Waals surface area (Å²) in [5.74, 6) is -0.395. The van der Waals surface area contributed by atoms with Crippen LogP contribution in [0.4, 0.5) is 0 Å². The van der Waals surface area contributed by atoms with E-state index in [0.717, 1.165) is 0 Å². The van der Waals surface area contributed by atoms with Crippen molar-refractivity contribution >= 4 is 11.7 Å². The number of methoxy groups -OCH3 is 1. The van der Waals surface area contributed by atoms with Crippen LogP contribution in [-0.4, -0.2) is 37.9 Å². The molecule has 0 N–H and O–H groups in total. The van der Waals surface area contributed by atoms with Gasteiger partial charge in [-0.05, 0) is 6.92 Å². The molecule has 0 saturated heterocycles. The second-order valence-corrected chi connectivity index (χ2v) is 2.02. The molecule has 0 aliphatic rings. The SMILES string of the molecule is COC(=O)/C(C)=N/N(C)C. The van der Waals surface area contributed by atoms with E-state index in [-0.39, 0.29) is 0 Å². The average molecular weight is 144 g/mol. The summed E-state index contributed by atoms with van der Waals surface area (Å²) in [4.78, 5) is 10.7. The molecule has 0 amide bonds. The Kier molecular flexibility index (Phi) is 3.46. The Balaban J connectivity index is 4.05. The van der Waals surface area contributed by atoms with Gasteiger partial charge in [0.1, 0.15) is 5.71 Å². The fraction of sp³-hybridized carbons (Fsp3) is 0.667. The van der Waals surface area contributed by atoms with Crippen molar-refractivity contribution in [2.24, 2.45) is 5.10 Å². The van der Waals surface area contributed by atoms with E-state index in [1.165, 1.54) is 7.11 Å². The minimum Gasteiger partial charge on any atom is -0.464 e. The number of rotatable bonds is 2. The minimum atomic E-state index is -0.395. The van der Waals surface area contributed by atoms with Crippen molar-refractivity contribution < 1.29 is 9.53 Å². The Morgan fingerprint density at radius 1 is 1.50 bits per heavy atom. The smallest absolute Gasteiger partial charge is 0.353 e. The topological polar surface area (TPSA) is 41.9 Å². The van der Waals surface area contributed by atoms with Crippen molar-refractivity contribution in [1.29, 1.82) is 0 Å². The molecule has 0 aromatic carbocycles. The summed E-state index contributed by atoms with van der Waals surface area (Å²) in [5, 5.41) is 5.37. The Hall–Kier alpha value is -1.06. The van der Waals surface area contributed by atoms with Gasteiger partial charge in [-0.3, -0.25) is 0 Å². The Morgan fingerprint density at radius 3 is 2.30 bits per heavy atom. The Morgan fingerprint density at radius 2 is 2.00 bits per heavy atom. The first kappa shape index (κ1) is 8.94. The number of carbonyl (C=O) groups is 1. The molecule has 0 unspecified atom stereocenters. The van der Waals surface area contributed by atoms with E-state index in [1.54, 1.807) is 26.0 Å². The van der Waals surface area contributed by atoms with Crippen LogP contribution in [0, 0.1) is 0 Å². The van der Waals surface area contributed by atoms with Crippen LogP contribution in [0.2, 0.25) is 0 Å². The van der Waals surface area contributed by atoms with Gasteiger partial charge in [0.2, 0.25) is 0 Å². The third kappa shape index (κ3) is 3.06. The second kappa shape index (κ2) is 3.87. The lowest BCUT2D eigenvalue weighted by atomic mass is 10.4. The maximum absolute atomic E-state index is 10.7. The molecule has 4 heteroatoms. The fourth-order valence-electron chi connectivity index (χ4n) is 0.489. The quantitative estimate of drug-likeness (QED) is 0.313. The lowest BCUT2D eigenvalue weighted by Gasteiger charge is -2.04. The maximum atomic E-state index is 10.7. The molecule has 0 bridgehead atoms. The predicted octanol–water partition coefficient (Wildman–Crippen LogP) is 0.0969. The van der Waals surface area contributed by atoms with Crippen LogP contribution in [0.25, 0.3) is 0 Å². The molecule has 0 saturated carbocycles. The van der Waals surface area contributed by atoms with Crippen LogP contribution in [0.3, 0.4) is 0 Å². The molecule has 0 aromatic rings. The van der Waals surface area contributed by atoms with Crippen molar-refractivity contribution in [1.82, 2.24) is 5.01 Å². The zero-order chi connectivity index (χ0) is 8.15. The average Bonchev–Trinajstić information content (AvgIpc) is 1.85. The summed E-state index contributed by atoms with van der Waals surface area (Å²) >= 11 is 0. The number of hydrogen-bond donors (Lipinski definition) is 0. The highest BCUT2D eigenvalue weighted by atomic mass is 16.5. The van der Waals surface area contributed by atoms with Crippen LogP contribution >= 0.6 is 0 Å². The van der Waals surface area contributed by atoms with Gasteiger partial charge in [-0.15, -0.1) is 0 Å². The summed E-state index contributed by atoms with van der Waals surface area (Å²) in [6.07, 6.45) is 0. The first-order valence-electron chi connectivity index (χ1n) is 2.88. The molecule has 0 fully saturated rings. The summed E-state index contributed by atoms with van der Waals surface area (Å²) in [6, 6.07) is 0. The number of nitrogens with zero attached hydrogens (tertiary/aromatic N) is 2. The van der Waals surface area contributed by atoms with Crippen LogP contribution in [0.5, 0.6) is 0 Å². The second-order valence-electron chi connectivity index (χ2n) is 2.02. The zero-order valence-electron chi connectivity index (χ0n) is 6.71. The standard InChI is InChI=1S/C6H12N2O2/c1-5(6(9)10-4)7-8(2)3/h1-4H3/b7-5+. The van der Waals surface area contributed by atoms with Crippen LogP contribution in [0.1, 0.15) is 6.92 Å². The van der Waals surface area contributed by atoms with Crippen molar-refractivity contribution in [3.63, 3.8) is 0 Å². The third-order valence-electron chi connectivity index (χ3n) is 0.831. The highest BCUT2D eigenvalue weighted by Crippen LogP contribution is 1.83. The number of ether oxygens (including phenoxy) is 1. The van der Waals surface area contributed by atoms with Gasteiger partial charge < -0.3 is 9.75 Å². The first-order valence-corrected chi connectivity index (χ1v) is 2.88. The first-order chi connectivity index (χ1) is 4.57. The lowest BCUT2D eigenvalue weighted by Crippen LogP contribution is -2.16. The number of esters is 1. The number of hydrazone groups is 1. The van der Waals surface area contributed by atoms with Gasteiger partial charge in [0.15, 0.2) is 0 Å². The molecular formula is C6H12N2O2. The summed E-state index contributed by atoms with van der Waals surface area (Å²) in [5.41, 5.74) is 0.354. The molecule has 0 aliphatic carbocycles. The maximum Gasteiger partial charge on any atom is 0.353 e. The van der Waals surface area contributed by atoms with Crippen LogP contribution < -0.4 is 0 Å². The van der Waals surface area contributed by atoms with Crippen molar-refractivity contribution in [2.75, 3.05) is 21.2 Å². The lowest BCUT2D eigenvalue weighted by molar-refractivity contribution is -0.132. The van der Waals surface area contributed by atoms with E-state index in [0.29, 0.717) is 5.71 Å². The molecule has 0 spiro atoms. The van der Waals surface area contributed by atoms with Gasteiger partial charge in [0.05, 0.1) is 7.11 Å². The van der Waals surface area contributed by atoms with Gasteiger partial charge in [0.25, 0.3) is 0 Å². The van der Waals surface area contributed by atoms with E-state index in [2.05, 4.69) is 9.84 Å². The number of hydrogen-bond acceptors (Lipinski definition) is 4. The van der Waals surface area contributed by atoms with Gasteiger partial charge in [-0.2, -0.15) is 5.10 Å². The van der Waals surface area contributed by atoms with Gasteiger partial charge in [-0.25, -0.2) is 4.79 Å². The predicted molar refractivity (Wildman–Crippen MR) is 38.8 cm³/mol. The van der Waals surface area contributed by atoms with Gasteiger partial charge in [-0.1, -0.05) is 0 Å². The molecule has 0 rings (SSSR count). The van der Waals surface area contributed by atoms with Crippen molar-refractivity contribution in [2.45, 2.75) is 6.92 Å². The van der Waals surface area contributed by atoms with E-state index < -0.39 is 5.97 Å². The molecule has 0 aliphatic heterocycles. The third-order valence-corrected chi connectivity index (χ3v) is 0.831. The minimum absolute atomic E-state index is 0.354. The van der Waals surface area contributed by atoms with Crippen LogP contribution in [0.15, 0.2) is 5.10 Å². The summed E-state index contributed by atoms with van der Waals surface area (Å²) in [6.45, 7) is 1.60. The number of carbonyl (C=O) groups excluding carboxylic acids is 1. The highest BCUT2D eigenvalue weighted by molar-refractivity contribution is 6.35. The summed E-state index contributed by atoms with van der Waals surface area (Å²) in [7, 11) is 4.82. The Labute approximate surface area is 60.5 Å². The largest absolute Gasteiger partial charge is 0.464 e. The van der Waals surface area contributed by atoms with E-state index in [1.807, 2.05) is 0 Å². The summed E-state index contributed by atoms with van der Waals surface area (Å²) < 4.78 is 4.42.